The lowest BCUT2D eigenvalue weighted by Crippen LogP contribution is -3.07. The van der Waals surface area contributed by atoms with Crippen molar-refractivity contribution in [2.75, 3.05) is 47.3 Å². The highest BCUT2D eigenvalue weighted by Crippen LogP contribution is 2.32. The molecule has 0 aliphatic carbocycles. The number of aromatic hydroxyl groups is 2. The Morgan fingerprint density at radius 2 is 1.14 bits per heavy atom. The Morgan fingerprint density at radius 1 is 0.583 bits per heavy atom. The zero-order valence-corrected chi connectivity index (χ0v) is 57.3. The molecule has 0 bridgehead atoms. The number of pyridine rings is 2. The molecule has 0 amide bonds. The van der Waals surface area contributed by atoms with Gasteiger partial charge in [0.2, 0.25) is 6.33 Å². The molecule has 2 aliphatic rings. The average Bonchev–Trinajstić information content (AvgIpc) is 3.30. The van der Waals surface area contributed by atoms with Crippen molar-refractivity contribution >= 4 is 10.8 Å². The van der Waals surface area contributed by atoms with E-state index in [-0.39, 0.29) is 17.2 Å². The lowest BCUT2D eigenvalue weighted by atomic mass is 9.80. The fourth-order valence-corrected chi connectivity index (χ4v) is 12.0. The molecule has 0 radical (unpaired) electrons. The van der Waals surface area contributed by atoms with Crippen molar-refractivity contribution in [1.29, 1.82) is 0 Å². The Kier molecular flexibility index (Phi) is 28.2. The maximum Gasteiger partial charge on any atom is 0.369 e. The van der Waals surface area contributed by atoms with Gasteiger partial charge in [-0.1, -0.05) is 195 Å². The van der Waals surface area contributed by atoms with Crippen molar-refractivity contribution in [2.24, 2.45) is 47.6 Å². The van der Waals surface area contributed by atoms with E-state index < -0.39 is 0 Å². The van der Waals surface area contributed by atoms with Gasteiger partial charge in [-0.3, -0.25) is 0 Å². The second kappa shape index (κ2) is 33.2. The molecule has 466 valence electrons. The van der Waals surface area contributed by atoms with Gasteiger partial charge in [-0.25, -0.2) is 4.57 Å². The van der Waals surface area contributed by atoms with Gasteiger partial charge in [0.05, 0.1) is 60.9 Å². The molecule has 5 heterocycles. The number of nitrogens with one attached hydrogen (secondary N) is 1. The van der Waals surface area contributed by atoms with Crippen molar-refractivity contribution in [1.82, 2.24) is 4.57 Å². The third-order valence-corrected chi connectivity index (χ3v) is 17.3. The number of nitrogens with zero attached hydrogens (tertiary/aromatic N) is 5. The van der Waals surface area contributed by atoms with E-state index in [2.05, 4.69) is 256 Å². The van der Waals surface area contributed by atoms with Gasteiger partial charge < -0.3 is 19.6 Å². The van der Waals surface area contributed by atoms with E-state index in [1.54, 1.807) is 22.8 Å². The molecule has 0 saturated carbocycles. The highest BCUT2D eigenvalue weighted by Gasteiger charge is 2.31. The van der Waals surface area contributed by atoms with Gasteiger partial charge in [0.15, 0.2) is 30.8 Å². The quantitative estimate of drug-likeness (QED) is 0.0593. The van der Waals surface area contributed by atoms with Crippen LogP contribution in [-0.4, -0.2) is 66.6 Å². The molecular weight excluding hydrogens is 1030 g/mol. The van der Waals surface area contributed by atoms with Gasteiger partial charge in [0.25, 0.3) is 0 Å². The second-order valence-corrected chi connectivity index (χ2v) is 31.7. The number of benzene rings is 3. The fraction of sp³-hybridized carbons (Fsp3) is 0.618. The summed E-state index contributed by atoms with van der Waals surface area (Å²) < 4.78 is 8.97. The maximum absolute atomic E-state index is 9.54. The van der Waals surface area contributed by atoms with E-state index in [1.165, 1.54) is 145 Å². The van der Waals surface area contributed by atoms with Gasteiger partial charge in [-0.15, -0.1) is 0 Å². The van der Waals surface area contributed by atoms with Gasteiger partial charge in [-0.2, -0.15) is 13.7 Å². The number of likely N-dealkylation sites (tertiary alicyclic amines) is 2. The fourth-order valence-electron chi connectivity index (χ4n) is 12.0. The minimum absolute atomic E-state index is 0.0496. The molecule has 2 fully saturated rings. The number of rotatable bonds is 18. The maximum atomic E-state index is 9.54. The van der Waals surface area contributed by atoms with E-state index in [1.807, 2.05) is 0 Å². The van der Waals surface area contributed by atoms with Crippen LogP contribution in [0.2, 0.25) is 0 Å². The molecule has 8 rings (SSSR count). The minimum atomic E-state index is -0.0780. The second-order valence-electron chi connectivity index (χ2n) is 31.7. The standard InChI is InChI=1S/C28H30N.C13H28N.C12H25N.C12H20N.C11H20N2O2/c1-28(2,26-16-7-4-8-17-26)19-11-15-25-22-29(20-23-12-5-3-6-13-23)21-24-14-9-10-18-27(24)25;1-13(2,3)9-6-7-12-8-10-14(4,5)11-12;1-12(2,3)8-5-6-11-7-9-13(4)10-11;1-12(2,3)9-8-11-7-5-6-10-13(11)4;1-11(2,3)6-5-7-13-8-12(4)9(14)10(13)15/h3-10,12-14,16-18,21-22H,11,15,19-20H2,1-2H3;12H,6-11H2,1-5H3;11H,5-10H2,1-4H3;5-7,10H,8-9H2,1-4H3;8H,5-7H2,1-4H3,(H-,14,15)/q2*+1;;+1;/p+2. The number of hydrogen-bond acceptors (Lipinski definition) is 2. The molecule has 84 heavy (non-hydrogen) atoms. The monoisotopic (exact) mass is 1150 g/mol. The molecule has 6 aromatic rings. The molecule has 0 spiro atoms. The summed E-state index contributed by atoms with van der Waals surface area (Å²) in [7, 11) is 10.9. The molecule has 8 nitrogen and oxygen atoms in total. The van der Waals surface area contributed by atoms with Crippen LogP contribution in [-0.2, 0) is 45.4 Å². The van der Waals surface area contributed by atoms with E-state index in [0.29, 0.717) is 21.7 Å². The first-order valence-electron chi connectivity index (χ1n) is 32.7. The molecule has 8 heteroatoms. The third kappa shape index (κ3) is 28.4. The molecule has 3 aromatic heterocycles. The largest absolute Gasteiger partial charge is 0.472 e. The molecule has 3 N–H and O–H groups in total. The number of fused-ring (bicyclic) bond motifs is 1. The Hall–Kier alpha value is -5.05. The number of aromatic nitrogens is 4. The number of quaternary nitrogens is 2. The van der Waals surface area contributed by atoms with Crippen LogP contribution in [0.4, 0.5) is 0 Å². The van der Waals surface area contributed by atoms with Crippen molar-refractivity contribution in [3.8, 4) is 11.8 Å². The Morgan fingerprint density at radius 3 is 1.68 bits per heavy atom. The van der Waals surface area contributed by atoms with Gasteiger partial charge in [-0.05, 0) is 108 Å². The van der Waals surface area contributed by atoms with Crippen LogP contribution in [0.25, 0.3) is 10.8 Å². The summed E-state index contributed by atoms with van der Waals surface area (Å²) in [6.45, 7) is 39.5. The third-order valence-electron chi connectivity index (χ3n) is 17.3. The number of hydrogen-bond donors (Lipinski definition) is 3. The zero-order valence-electron chi connectivity index (χ0n) is 57.3. The molecule has 3 unspecified atom stereocenters. The summed E-state index contributed by atoms with van der Waals surface area (Å²) in [6, 6.07) is 36.8. The van der Waals surface area contributed by atoms with Crippen molar-refractivity contribution in [2.45, 2.75) is 212 Å². The van der Waals surface area contributed by atoms with E-state index >= 15 is 0 Å². The van der Waals surface area contributed by atoms with Gasteiger partial charge in [0.1, 0.15) is 7.05 Å². The molecular formula is C76H125N6O2+5. The highest BCUT2D eigenvalue weighted by molar-refractivity contribution is 5.83. The lowest BCUT2D eigenvalue weighted by Gasteiger charge is -2.25. The first-order valence-corrected chi connectivity index (χ1v) is 32.7. The zero-order chi connectivity index (χ0) is 62.4. The first kappa shape index (κ1) is 71.4. The van der Waals surface area contributed by atoms with Crippen LogP contribution in [0.1, 0.15) is 203 Å². The van der Waals surface area contributed by atoms with E-state index in [0.717, 1.165) is 44.2 Å². The SMILES string of the molecule is CC(C)(C)CCCC1CC[N+](C)(C)C1.CC(C)(CCCc1c[n+](Cc2ccccc2)cc2ccccc12)c1ccccc1.C[NH+]1CCC(CCCC(C)(C)C)C1.C[n+]1ccccc1CCC(C)(C)C.C[n+]1cn(CCCC(C)(C)C)c(O)c1O. The summed E-state index contributed by atoms with van der Waals surface area (Å²) in [5.74, 6) is 1.91. The summed E-state index contributed by atoms with van der Waals surface area (Å²) in [4.78, 5) is 1.74. The number of imidazole rings is 1. The lowest BCUT2D eigenvalue weighted by molar-refractivity contribution is -0.879. The summed E-state index contributed by atoms with van der Waals surface area (Å²) >= 11 is 0. The Bertz CT molecular complexity index is 2790. The smallest absolute Gasteiger partial charge is 0.369 e. The Labute approximate surface area is 515 Å². The predicted molar refractivity (Wildman–Crippen MR) is 356 cm³/mol. The van der Waals surface area contributed by atoms with Crippen LogP contribution in [0, 0.1) is 33.5 Å². The molecule has 3 aromatic carbocycles. The van der Waals surface area contributed by atoms with Crippen molar-refractivity contribution < 1.29 is 33.3 Å². The normalized spacial score (nSPS) is 17.0. The van der Waals surface area contributed by atoms with E-state index in [4.69, 9.17) is 0 Å². The minimum Gasteiger partial charge on any atom is -0.472 e. The summed E-state index contributed by atoms with van der Waals surface area (Å²) in [6.07, 6.45) is 27.9. The van der Waals surface area contributed by atoms with Crippen LogP contribution < -0.4 is 18.6 Å². The van der Waals surface area contributed by atoms with Gasteiger partial charge >= 0.3 is 11.8 Å². The van der Waals surface area contributed by atoms with Crippen LogP contribution in [0.5, 0.6) is 11.8 Å². The van der Waals surface area contributed by atoms with Gasteiger partial charge in [0, 0.05) is 59.7 Å². The van der Waals surface area contributed by atoms with Crippen molar-refractivity contribution in [3.63, 3.8) is 0 Å². The summed E-state index contributed by atoms with van der Waals surface area (Å²) in [5.41, 5.74) is 7.64. The van der Waals surface area contributed by atoms with E-state index in [9.17, 15) is 10.2 Å². The topological polar surface area (TPSA) is 61.5 Å². The van der Waals surface area contributed by atoms with Crippen LogP contribution >= 0.6 is 0 Å². The molecule has 2 aliphatic heterocycles. The molecule has 2 saturated heterocycles. The van der Waals surface area contributed by atoms with Crippen LogP contribution in [0.3, 0.4) is 0 Å². The Balaban J connectivity index is 0.000000238. The van der Waals surface area contributed by atoms with Crippen LogP contribution in [0.15, 0.2) is 128 Å². The van der Waals surface area contributed by atoms with Crippen molar-refractivity contribution in [3.05, 3.63) is 150 Å². The highest BCUT2D eigenvalue weighted by atomic mass is 16.3. The first-order chi connectivity index (χ1) is 39.2. The predicted octanol–water partition coefficient (Wildman–Crippen LogP) is 15.6. The average molecular weight is 1150 g/mol. The molecule has 3 atom stereocenters. The summed E-state index contributed by atoms with van der Waals surface area (Å²) in [5, 5.41) is 21.6. The number of aryl methyl sites for hydroxylation is 5.